The molecular formula is C13H16F3NO. The third-order valence-electron chi connectivity index (χ3n) is 3.58. The summed E-state index contributed by atoms with van der Waals surface area (Å²) in [6.07, 6.45) is 2.04. The smallest absolute Gasteiger partial charge is 0.161 e. The number of aliphatic hydroxyl groups is 1. The lowest BCUT2D eigenvalue weighted by molar-refractivity contribution is 0.153. The molecule has 100 valence electrons. The highest BCUT2D eigenvalue weighted by Crippen LogP contribution is 2.39. The highest BCUT2D eigenvalue weighted by Gasteiger charge is 2.40. The molecule has 1 aliphatic carbocycles. The van der Waals surface area contributed by atoms with Gasteiger partial charge in [0.15, 0.2) is 11.6 Å². The first-order valence-corrected chi connectivity index (χ1v) is 5.95. The monoisotopic (exact) mass is 259 g/mol. The summed E-state index contributed by atoms with van der Waals surface area (Å²) in [4.78, 5) is 0. The van der Waals surface area contributed by atoms with Crippen molar-refractivity contribution in [2.24, 2.45) is 5.92 Å². The molecule has 1 aromatic rings. The van der Waals surface area contributed by atoms with Gasteiger partial charge in [0, 0.05) is 23.7 Å². The van der Waals surface area contributed by atoms with E-state index in [0.717, 1.165) is 18.9 Å². The first-order chi connectivity index (χ1) is 8.46. The number of hydrogen-bond acceptors (Lipinski definition) is 2. The van der Waals surface area contributed by atoms with E-state index in [1.54, 1.807) is 0 Å². The van der Waals surface area contributed by atoms with Crippen LogP contribution < -0.4 is 5.32 Å². The molecule has 1 fully saturated rings. The number of halogens is 3. The third-order valence-corrected chi connectivity index (χ3v) is 3.58. The van der Waals surface area contributed by atoms with E-state index in [9.17, 15) is 18.3 Å². The minimum absolute atomic E-state index is 0.0641. The lowest BCUT2D eigenvalue weighted by atomic mass is 9.96. The van der Waals surface area contributed by atoms with Gasteiger partial charge in [-0.25, -0.2) is 13.2 Å². The van der Waals surface area contributed by atoms with Crippen LogP contribution >= 0.6 is 0 Å². The third kappa shape index (κ3) is 2.67. The zero-order chi connectivity index (χ0) is 13.3. The molecule has 1 aliphatic rings. The average Bonchev–Trinajstić information content (AvgIpc) is 3.16. The molecule has 18 heavy (non-hydrogen) atoms. The van der Waals surface area contributed by atoms with Crippen molar-refractivity contribution in [2.75, 3.05) is 6.61 Å². The predicted octanol–water partition coefficient (Wildman–Crippen LogP) is 2.35. The van der Waals surface area contributed by atoms with Crippen LogP contribution in [0.2, 0.25) is 0 Å². The molecule has 1 unspecified atom stereocenters. The Kier molecular flexibility index (Phi) is 3.64. The molecule has 2 N–H and O–H groups in total. The second-order valence-electron chi connectivity index (χ2n) is 5.06. The summed E-state index contributed by atoms with van der Waals surface area (Å²) < 4.78 is 39.2. The van der Waals surface area contributed by atoms with Crippen molar-refractivity contribution in [3.63, 3.8) is 0 Å². The summed E-state index contributed by atoms with van der Waals surface area (Å²) in [5.41, 5.74) is -0.425. The normalized spacial score (nSPS) is 18.7. The maximum absolute atomic E-state index is 13.4. The minimum atomic E-state index is -1.19. The summed E-state index contributed by atoms with van der Waals surface area (Å²) >= 11 is 0. The molecule has 0 amide bonds. The summed E-state index contributed by atoms with van der Waals surface area (Å²) in [5.74, 6) is -2.68. The molecule has 0 radical (unpaired) electrons. The molecule has 0 aliphatic heterocycles. The minimum Gasteiger partial charge on any atom is -0.394 e. The van der Waals surface area contributed by atoms with Gasteiger partial charge in [0.05, 0.1) is 6.61 Å². The van der Waals surface area contributed by atoms with Crippen LogP contribution in [0.25, 0.3) is 0 Å². The maximum atomic E-state index is 13.4. The van der Waals surface area contributed by atoms with Crippen molar-refractivity contribution in [1.82, 2.24) is 5.32 Å². The van der Waals surface area contributed by atoms with Crippen molar-refractivity contribution < 1.29 is 18.3 Å². The Morgan fingerprint density at radius 2 is 1.83 bits per heavy atom. The molecule has 5 heteroatoms. The van der Waals surface area contributed by atoms with Gasteiger partial charge in [0.1, 0.15) is 5.82 Å². The van der Waals surface area contributed by atoms with Crippen molar-refractivity contribution >= 4 is 0 Å². The highest BCUT2D eigenvalue weighted by atomic mass is 19.2. The number of benzene rings is 1. The molecule has 2 nitrogen and oxygen atoms in total. The zero-order valence-corrected chi connectivity index (χ0v) is 10.1. The van der Waals surface area contributed by atoms with Crippen molar-refractivity contribution in [2.45, 2.75) is 31.8 Å². The fourth-order valence-corrected chi connectivity index (χ4v) is 2.05. The van der Waals surface area contributed by atoms with Crippen LogP contribution in [-0.2, 0) is 6.54 Å². The van der Waals surface area contributed by atoms with Crippen LogP contribution in [0.1, 0.15) is 25.3 Å². The predicted molar refractivity (Wildman–Crippen MR) is 61.4 cm³/mol. The average molecular weight is 259 g/mol. The van der Waals surface area contributed by atoms with Gasteiger partial charge in [-0.1, -0.05) is 0 Å². The molecule has 0 aromatic heterocycles. The fourth-order valence-electron chi connectivity index (χ4n) is 2.05. The lowest BCUT2D eigenvalue weighted by Gasteiger charge is -2.29. The van der Waals surface area contributed by atoms with Gasteiger partial charge in [-0.15, -0.1) is 0 Å². The Bertz CT molecular complexity index is 448. The molecule has 1 aromatic carbocycles. The Labute approximate surface area is 104 Å². The van der Waals surface area contributed by atoms with Gasteiger partial charge >= 0.3 is 0 Å². The van der Waals surface area contributed by atoms with Crippen LogP contribution in [0.5, 0.6) is 0 Å². The van der Waals surface area contributed by atoms with E-state index in [-0.39, 0.29) is 18.7 Å². The lowest BCUT2D eigenvalue weighted by Crippen LogP contribution is -2.47. The Morgan fingerprint density at radius 1 is 1.22 bits per heavy atom. The molecule has 1 atom stereocenters. The van der Waals surface area contributed by atoms with Crippen molar-refractivity contribution in [3.05, 3.63) is 35.1 Å². The van der Waals surface area contributed by atoms with E-state index in [4.69, 9.17) is 0 Å². The molecule has 1 saturated carbocycles. The number of aliphatic hydroxyl groups excluding tert-OH is 1. The SMILES string of the molecule is CC(CO)(NCc1cc(F)c(F)cc1F)C1CC1. The van der Waals surface area contributed by atoms with Gasteiger partial charge < -0.3 is 10.4 Å². The van der Waals surface area contributed by atoms with Crippen LogP contribution in [0.15, 0.2) is 12.1 Å². The molecule has 0 bridgehead atoms. The Hall–Kier alpha value is -1.07. The van der Waals surface area contributed by atoms with Crippen LogP contribution in [-0.4, -0.2) is 17.3 Å². The van der Waals surface area contributed by atoms with Gasteiger partial charge in [-0.2, -0.15) is 0 Å². The first kappa shape index (κ1) is 13.4. The molecule has 0 heterocycles. The first-order valence-electron chi connectivity index (χ1n) is 5.95. The molecule has 0 spiro atoms. The second-order valence-corrected chi connectivity index (χ2v) is 5.06. The van der Waals surface area contributed by atoms with E-state index in [1.165, 1.54) is 0 Å². The van der Waals surface area contributed by atoms with Gasteiger partial charge in [-0.05, 0) is 31.7 Å². The number of rotatable bonds is 5. The second kappa shape index (κ2) is 4.90. The molecule has 0 saturated heterocycles. The maximum Gasteiger partial charge on any atom is 0.161 e. The van der Waals surface area contributed by atoms with Crippen LogP contribution in [0.4, 0.5) is 13.2 Å². The zero-order valence-electron chi connectivity index (χ0n) is 10.1. The van der Waals surface area contributed by atoms with Crippen LogP contribution in [0, 0.1) is 23.4 Å². The topological polar surface area (TPSA) is 32.3 Å². The largest absolute Gasteiger partial charge is 0.394 e. The quantitative estimate of drug-likeness (QED) is 0.796. The van der Waals surface area contributed by atoms with E-state index < -0.39 is 23.0 Å². The van der Waals surface area contributed by atoms with Gasteiger partial charge in [0.2, 0.25) is 0 Å². The summed E-state index contributed by atoms with van der Waals surface area (Å²) in [6, 6.07) is 1.39. The van der Waals surface area contributed by atoms with E-state index >= 15 is 0 Å². The standard InChI is InChI=1S/C13H16F3NO/c1-13(7-18,9-2-3-9)17-6-8-4-11(15)12(16)5-10(8)14/h4-5,9,17-18H,2-3,6-7H2,1H3. The van der Waals surface area contributed by atoms with Gasteiger partial charge in [-0.3, -0.25) is 0 Å². The van der Waals surface area contributed by atoms with Crippen LogP contribution in [0.3, 0.4) is 0 Å². The summed E-state index contributed by atoms with van der Waals surface area (Å²) in [6.45, 7) is 1.85. The van der Waals surface area contributed by atoms with Gasteiger partial charge in [0.25, 0.3) is 0 Å². The summed E-state index contributed by atoms with van der Waals surface area (Å²) in [7, 11) is 0. The van der Waals surface area contributed by atoms with E-state index in [2.05, 4.69) is 5.32 Å². The highest BCUT2D eigenvalue weighted by molar-refractivity contribution is 5.20. The Balaban J connectivity index is 2.07. The van der Waals surface area contributed by atoms with Crippen molar-refractivity contribution in [3.8, 4) is 0 Å². The van der Waals surface area contributed by atoms with E-state index in [1.807, 2.05) is 6.92 Å². The fraction of sp³-hybridized carbons (Fsp3) is 0.538. The van der Waals surface area contributed by atoms with Crippen molar-refractivity contribution in [1.29, 1.82) is 0 Å². The number of hydrogen-bond donors (Lipinski definition) is 2. The Morgan fingerprint density at radius 3 is 2.39 bits per heavy atom. The van der Waals surface area contributed by atoms with E-state index in [0.29, 0.717) is 12.0 Å². The molecular weight excluding hydrogens is 243 g/mol. The molecule has 2 rings (SSSR count). The summed E-state index contributed by atoms with van der Waals surface area (Å²) in [5, 5.41) is 12.4. The number of nitrogens with one attached hydrogen (secondary N) is 1.